The molecule has 63 heavy (non-hydrogen) atoms. The van der Waals surface area contributed by atoms with Crippen molar-refractivity contribution in [2.24, 2.45) is 0 Å². The molecular weight excluding hydrogens is 761 g/mol. The van der Waals surface area contributed by atoms with Crippen molar-refractivity contribution < 1.29 is 0 Å². The van der Waals surface area contributed by atoms with E-state index in [2.05, 4.69) is 224 Å². The Morgan fingerprint density at radius 2 is 1.11 bits per heavy atom. The van der Waals surface area contributed by atoms with E-state index in [1.165, 1.54) is 126 Å². The average Bonchev–Trinajstić information content (AvgIpc) is 3.80. The zero-order chi connectivity index (χ0) is 42.1. The molecule has 10 aromatic rings. The lowest BCUT2D eigenvalue weighted by atomic mass is 9.80. The maximum Gasteiger partial charge on any atom is 0.0547 e. The van der Waals surface area contributed by atoms with Gasteiger partial charge in [0.15, 0.2) is 0 Å². The molecule has 304 valence electrons. The Kier molecular flexibility index (Phi) is 8.97. The second-order valence-corrected chi connectivity index (χ2v) is 18.3. The SMILES string of the molecule is CC1(C)c2ccccc2-c2ccc(N(c3cccc(-c4cccc5c4c4ccccc4n5-c4ccccc4)c3)c3ccccc3-c3cccc4cccc(C5CCCCC5)c34)cc21. The molecule has 0 saturated heterocycles. The fourth-order valence-corrected chi connectivity index (χ4v) is 11.4. The summed E-state index contributed by atoms with van der Waals surface area (Å²) in [6, 6.07) is 74.9. The van der Waals surface area contributed by atoms with Gasteiger partial charge in [0.25, 0.3) is 0 Å². The van der Waals surface area contributed by atoms with Gasteiger partial charge in [-0.05, 0) is 129 Å². The first-order valence-electron chi connectivity index (χ1n) is 22.9. The van der Waals surface area contributed by atoms with Gasteiger partial charge >= 0.3 is 0 Å². The van der Waals surface area contributed by atoms with Crippen molar-refractivity contribution in [1.82, 2.24) is 4.57 Å². The minimum Gasteiger partial charge on any atom is -0.310 e. The maximum absolute atomic E-state index is 2.54. The van der Waals surface area contributed by atoms with E-state index in [0.29, 0.717) is 5.92 Å². The third-order valence-electron chi connectivity index (χ3n) is 14.4. The van der Waals surface area contributed by atoms with Gasteiger partial charge in [-0.1, -0.05) is 179 Å². The number of anilines is 3. The summed E-state index contributed by atoms with van der Waals surface area (Å²) >= 11 is 0. The second-order valence-electron chi connectivity index (χ2n) is 18.3. The number of para-hydroxylation sites is 3. The van der Waals surface area contributed by atoms with Crippen LogP contribution in [0.3, 0.4) is 0 Å². The summed E-state index contributed by atoms with van der Waals surface area (Å²) in [5, 5.41) is 5.24. The molecule has 0 aliphatic heterocycles. The molecular formula is C61H50N2. The van der Waals surface area contributed by atoms with Crippen LogP contribution < -0.4 is 4.90 Å². The Morgan fingerprint density at radius 3 is 1.98 bits per heavy atom. The summed E-state index contributed by atoms with van der Waals surface area (Å²) in [7, 11) is 0. The number of nitrogens with zero attached hydrogens (tertiary/aromatic N) is 2. The summed E-state index contributed by atoms with van der Waals surface area (Å²) in [6.45, 7) is 4.77. The fourth-order valence-electron chi connectivity index (χ4n) is 11.4. The summed E-state index contributed by atoms with van der Waals surface area (Å²) in [5.74, 6) is 0.583. The van der Waals surface area contributed by atoms with Crippen LogP contribution in [-0.4, -0.2) is 4.57 Å². The van der Waals surface area contributed by atoms with Gasteiger partial charge < -0.3 is 9.47 Å². The zero-order valence-electron chi connectivity index (χ0n) is 36.1. The van der Waals surface area contributed by atoms with Gasteiger partial charge in [0.2, 0.25) is 0 Å². The molecule has 0 bridgehead atoms. The van der Waals surface area contributed by atoms with Gasteiger partial charge in [-0.3, -0.25) is 0 Å². The molecule has 0 radical (unpaired) electrons. The number of aromatic nitrogens is 1. The minimum atomic E-state index is -0.137. The Hall–Kier alpha value is -7.16. The largest absolute Gasteiger partial charge is 0.310 e. The highest BCUT2D eigenvalue weighted by atomic mass is 15.1. The lowest BCUT2D eigenvalue weighted by Crippen LogP contribution is -2.17. The van der Waals surface area contributed by atoms with Crippen LogP contribution in [0.15, 0.2) is 200 Å². The molecule has 2 heteroatoms. The number of fused-ring (bicyclic) bond motifs is 7. The fraction of sp³-hybridized carbons (Fsp3) is 0.148. The number of hydrogen-bond donors (Lipinski definition) is 0. The first-order valence-corrected chi connectivity index (χ1v) is 22.9. The van der Waals surface area contributed by atoms with Gasteiger partial charge in [-0.15, -0.1) is 0 Å². The topological polar surface area (TPSA) is 8.17 Å². The van der Waals surface area contributed by atoms with E-state index in [1.54, 1.807) is 0 Å². The van der Waals surface area contributed by atoms with Crippen molar-refractivity contribution >= 4 is 49.6 Å². The van der Waals surface area contributed by atoms with Gasteiger partial charge in [-0.2, -0.15) is 0 Å². The van der Waals surface area contributed by atoms with Crippen molar-refractivity contribution in [3.8, 4) is 39.1 Å². The van der Waals surface area contributed by atoms with Crippen LogP contribution in [0.2, 0.25) is 0 Å². The molecule has 0 atom stereocenters. The summed E-state index contributed by atoms with van der Waals surface area (Å²) in [4.78, 5) is 2.54. The van der Waals surface area contributed by atoms with E-state index < -0.39 is 0 Å². The molecule has 0 amide bonds. The highest BCUT2D eigenvalue weighted by Gasteiger charge is 2.36. The second kappa shape index (κ2) is 15.0. The van der Waals surface area contributed by atoms with Gasteiger partial charge in [0, 0.05) is 38.8 Å². The van der Waals surface area contributed by atoms with Crippen molar-refractivity contribution in [1.29, 1.82) is 0 Å². The van der Waals surface area contributed by atoms with Crippen LogP contribution in [0, 0.1) is 0 Å². The van der Waals surface area contributed by atoms with Crippen LogP contribution in [0.1, 0.15) is 68.6 Å². The smallest absolute Gasteiger partial charge is 0.0547 e. The molecule has 2 aliphatic carbocycles. The Bertz CT molecular complexity index is 3360. The molecule has 0 spiro atoms. The minimum absolute atomic E-state index is 0.137. The summed E-state index contributed by atoms with van der Waals surface area (Å²) in [6.07, 6.45) is 6.49. The van der Waals surface area contributed by atoms with Crippen molar-refractivity contribution in [2.75, 3.05) is 4.90 Å². The average molecular weight is 811 g/mol. The predicted octanol–water partition coefficient (Wildman–Crippen LogP) is 17.1. The monoisotopic (exact) mass is 810 g/mol. The maximum atomic E-state index is 2.54. The molecule has 1 aromatic heterocycles. The first kappa shape index (κ1) is 37.6. The molecule has 12 rings (SSSR count). The molecule has 2 nitrogen and oxygen atoms in total. The standard InChI is InChI=1S/C61H50N2/c1-61(2)54-33-12-9-27-49(54)50-38-37-46(40-55(50)61)62(56-34-13-10-28-51(56)52-32-17-22-42-21-16-30-47(59(42)52)41-19-5-3-6-20-41)45-26-15-23-43(39-45)48-31-18-36-58-60(48)53-29-11-14-35-57(53)63(58)44-24-7-4-8-25-44/h4,7-18,21-41H,3,5-6,19-20H2,1-2H3. The summed E-state index contributed by atoms with van der Waals surface area (Å²) in [5.41, 5.74) is 18.8. The zero-order valence-corrected chi connectivity index (χ0v) is 36.1. The lowest BCUT2D eigenvalue weighted by molar-refractivity contribution is 0.445. The van der Waals surface area contributed by atoms with Crippen molar-refractivity contribution in [2.45, 2.75) is 57.3 Å². The van der Waals surface area contributed by atoms with E-state index in [1.807, 2.05) is 0 Å². The van der Waals surface area contributed by atoms with Gasteiger partial charge in [0.1, 0.15) is 0 Å². The Labute approximate surface area is 370 Å². The van der Waals surface area contributed by atoms with Crippen LogP contribution in [0.4, 0.5) is 17.1 Å². The van der Waals surface area contributed by atoms with Crippen molar-refractivity contribution in [3.63, 3.8) is 0 Å². The van der Waals surface area contributed by atoms with E-state index in [0.717, 1.165) is 11.4 Å². The van der Waals surface area contributed by atoms with Crippen molar-refractivity contribution in [3.05, 3.63) is 217 Å². The van der Waals surface area contributed by atoms with E-state index >= 15 is 0 Å². The highest BCUT2D eigenvalue weighted by molar-refractivity contribution is 6.16. The third kappa shape index (κ3) is 6.07. The molecule has 1 heterocycles. The highest BCUT2D eigenvalue weighted by Crippen LogP contribution is 2.52. The molecule has 0 N–H and O–H groups in total. The van der Waals surface area contributed by atoms with Gasteiger partial charge in [0.05, 0.1) is 16.7 Å². The number of rotatable bonds is 7. The first-order chi connectivity index (χ1) is 31.0. The lowest BCUT2D eigenvalue weighted by Gasteiger charge is -2.31. The quantitative estimate of drug-likeness (QED) is 0.156. The van der Waals surface area contributed by atoms with E-state index in [9.17, 15) is 0 Å². The summed E-state index contributed by atoms with van der Waals surface area (Å²) < 4.78 is 2.41. The third-order valence-corrected chi connectivity index (χ3v) is 14.4. The van der Waals surface area contributed by atoms with Gasteiger partial charge in [-0.25, -0.2) is 0 Å². The molecule has 9 aromatic carbocycles. The van der Waals surface area contributed by atoms with E-state index in [4.69, 9.17) is 0 Å². The Balaban J connectivity index is 1.09. The Morgan fingerprint density at radius 1 is 0.460 bits per heavy atom. The van der Waals surface area contributed by atoms with Crippen LogP contribution in [-0.2, 0) is 5.41 Å². The number of hydrogen-bond acceptors (Lipinski definition) is 1. The number of benzene rings is 9. The molecule has 1 saturated carbocycles. The van der Waals surface area contributed by atoms with Crippen LogP contribution in [0.25, 0.3) is 71.6 Å². The van der Waals surface area contributed by atoms with E-state index in [-0.39, 0.29) is 5.41 Å². The molecule has 2 aliphatic rings. The van der Waals surface area contributed by atoms with Crippen LogP contribution in [0.5, 0.6) is 0 Å². The predicted molar refractivity (Wildman–Crippen MR) is 267 cm³/mol. The van der Waals surface area contributed by atoms with Crippen LogP contribution >= 0.6 is 0 Å². The normalized spacial score (nSPS) is 14.6. The molecule has 0 unspecified atom stereocenters. The molecule has 1 fully saturated rings.